The molecule has 0 bridgehead atoms. The van der Waals surface area contributed by atoms with E-state index in [4.69, 9.17) is 0 Å². The first-order valence-corrected chi connectivity index (χ1v) is 6.04. The van der Waals surface area contributed by atoms with Crippen LogP contribution in [0.15, 0.2) is 0 Å². The second-order valence-corrected chi connectivity index (χ2v) is 6.10. The van der Waals surface area contributed by atoms with Crippen LogP contribution in [0.2, 0.25) is 0 Å². The van der Waals surface area contributed by atoms with Crippen molar-refractivity contribution in [3.05, 3.63) is 0 Å². The number of carbonyl (C=O) groups excluding carboxylic acids is 1. The summed E-state index contributed by atoms with van der Waals surface area (Å²) < 4.78 is 21.8. The molecule has 0 aromatic rings. The van der Waals surface area contributed by atoms with Gasteiger partial charge in [-0.2, -0.15) is 0 Å². The van der Waals surface area contributed by atoms with Gasteiger partial charge >= 0.3 is 0 Å². The van der Waals surface area contributed by atoms with E-state index in [1.807, 2.05) is 0 Å². The average Bonchev–Trinajstić information content (AvgIpc) is 2.56. The molecule has 1 aliphatic heterocycles. The van der Waals surface area contributed by atoms with Gasteiger partial charge in [-0.3, -0.25) is 0 Å². The molecule has 0 radical (unpaired) electrons. The molecular formula is C8H12O3S. The predicted octanol–water partition coefficient (Wildman–Crippen LogP) is 0.400. The molecule has 0 N–H and O–H groups in total. The van der Waals surface area contributed by atoms with Gasteiger partial charge < -0.3 is 4.79 Å². The summed E-state index contributed by atoms with van der Waals surface area (Å²) in [6.45, 7) is 0. The summed E-state index contributed by atoms with van der Waals surface area (Å²) >= 11 is 0. The molecule has 1 heterocycles. The second-order valence-electron chi connectivity index (χ2n) is 4.04. The zero-order valence-electron chi connectivity index (χ0n) is 6.82. The summed E-state index contributed by atoms with van der Waals surface area (Å²) in [5.74, 6) is 1.28. The maximum atomic E-state index is 10.9. The monoisotopic (exact) mass is 188 g/mol. The van der Waals surface area contributed by atoms with E-state index >= 15 is 0 Å². The first-order valence-electron chi connectivity index (χ1n) is 4.22. The Balaban J connectivity index is 1.85. The zero-order valence-corrected chi connectivity index (χ0v) is 7.64. The molecule has 1 saturated heterocycles. The minimum Gasteiger partial charge on any atom is -0.303 e. The standard InChI is InChI=1S/C8H12O3S/c9-3-1-2-7-4-8(7)5-12(10,11)6-8/h3,7H,1-2,4-6H2. The molecule has 1 unspecified atom stereocenters. The molecule has 12 heavy (non-hydrogen) atoms. The van der Waals surface area contributed by atoms with Crippen LogP contribution in [0.1, 0.15) is 19.3 Å². The Morgan fingerprint density at radius 2 is 2.08 bits per heavy atom. The lowest BCUT2D eigenvalue weighted by Crippen LogP contribution is -2.39. The molecule has 68 valence electrons. The van der Waals surface area contributed by atoms with Gasteiger partial charge in [0.1, 0.15) is 6.29 Å². The molecule has 1 spiro atoms. The Morgan fingerprint density at radius 3 is 2.58 bits per heavy atom. The topological polar surface area (TPSA) is 51.2 Å². The summed E-state index contributed by atoms with van der Waals surface area (Å²) in [4.78, 5) is 10.1. The van der Waals surface area contributed by atoms with Crippen LogP contribution in [0, 0.1) is 11.3 Å². The van der Waals surface area contributed by atoms with Crippen molar-refractivity contribution in [3.8, 4) is 0 Å². The number of hydrogen-bond donors (Lipinski definition) is 0. The molecule has 4 heteroatoms. The van der Waals surface area contributed by atoms with Crippen molar-refractivity contribution in [1.82, 2.24) is 0 Å². The summed E-state index contributed by atoms with van der Waals surface area (Å²) in [7, 11) is -2.67. The molecule has 3 nitrogen and oxygen atoms in total. The summed E-state index contributed by atoms with van der Waals surface area (Å²) in [5, 5.41) is 0. The molecule has 0 amide bonds. The Morgan fingerprint density at radius 1 is 1.42 bits per heavy atom. The molecular weight excluding hydrogens is 176 g/mol. The molecule has 2 rings (SSSR count). The van der Waals surface area contributed by atoms with E-state index in [0.717, 1.165) is 19.1 Å². The SMILES string of the molecule is O=CCCC1CC12CS(=O)(=O)C2. The van der Waals surface area contributed by atoms with Gasteiger partial charge in [0.2, 0.25) is 0 Å². The van der Waals surface area contributed by atoms with Crippen LogP contribution in [0.3, 0.4) is 0 Å². The van der Waals surface area contributed by atoms with Crippen LogP contribution in [0.5, 0.6) is 0 Å². The molecule has 0 aromatic carbocycles. The van der Waals surface area contributed by atoms with Gasteiger partial charge in [0.25, 0.3) is 0 Å². The lowest BCUT2D eigenvalue weighted by Gasteiger charge is -2.26. The van der Waals surface area contributed by atoms with E-state index < -0.39 is 9.84 Å². The molecule has 1 saturated carbocycles. The fourth-order valence-corrected chi connectivity index (χ4v) is 4.67. The van der Waals surface area contributed by atoms with Crippen molar-refractivity contribution >= 4 is 16.1 Å². The highest BCUT2D eigenvalue weighted by Crippen LogP contribution is 2.61. The van der Waals surface area contributed by atoms with Crippen molar-refractivity contribution in [1.29, 1.82) is 0 Å². The van der Waals surface area contributed by atoms with Crippen LogP contribution in [-0.2, 0) is 14.6 Å². The van der Waals surface area contributed by atoms with Crippen molar-refractivity contribution in [2.75, 3.05) is 11.5 Å². The van der Waals surface area contributed by atoms with Gasteiger partial charge in [0.15, 0.2) is 9.84 Å². The quantitative estimate of drug-likeness (QED) is 0.602. The van der Waals surface area contributed by atoms with Crippen molar-refractivity contribution in [2.45, 2.75) is 19.3 Å². The highest BCUT2D eigenvalue weighted by molar-refractivity contribution is 7.92. The number of rotatable bonds is 3. The van der Waals surface area contributed by atoms with Crippen LogP contribution in [0.4, 0.5) is 0 Å². The van der Waals surface area contributed by atoms with Gasteiger partial charge in [-0.1, -0.05) is 0 Å². The Hall–Kier alpha value is -0.380. The Labute approximate surface area is 72.1 Å². The molecule has 1 atom stereocenters. The fraction of sp³-hybridized carbons (Fsp3) is 0.875. The third kappa shape index (κ3) is 1.18. The van der Waals surface area contributed by atoms with E-state index in [0.29, 0.717) is 23.8 Å². The highest BCUT2D eigenvalue weighted by Gasteiger charge is 2.63. The molecule has 1 aliphatic carbocycles. The van der Waals surface area contributed by atoms with E-state index in [9.17, 15) is 13.2 Å². The maximum absolute atomic E-state index is 10.9. The maximum Gasteiger partial charge on any atom is 0.151 e. The number of hydrogen-bond acceptors (Lipinski definition) is 3. The van der Waals surface area contributed by atoms with E-state index in [1.165, 1.54) is 0 Å². The predicted molar refractivity (Wildman–Crippen MR) is 44.5 cm³/mol. The van der Waals surface area contributed by atoms with Crippen LogP contribution in [-0.4, -0.2) is 26.2 Å². The minimum absolute atomic E-state index is 0.127. The third-order valence-corrected chi connectivity index (χ3v) is 5.04. The van der Waals surface area contributed by atoms with E-state index in [2.05, 4.69) is 0 Å². The van der Waals surface area contributed by atoms with Gasteiger partial charge in [0.05, 0.1) is 11.5 Å². The third-order valence-electron chi connectivity index (χ3n) is 3.01. The lowest BCUT2D eigenvalue weighted by atomic mass is 10.1. The first kappa shape index (κ1) is 8.23. The van der Waals surface area contributed by atoms with Crippen LogP contribution < -0.4 is 0 Å². The molecule has 0 aromatic heterocycles. The fourth-order valence-electron chi connectivity index (χ4n) is 2.30. The zero-order chi connectivity index (χ0) is 8.82. The number of sulfone groups is 1. The van der Waals surface area contributed by atoms with E-state index in [-0.39, 0.29) is 5.41 Å². The number of carbonyl (C=O) groups is 1. The summed E-state index contributed by atoms with van der Waals surface area (Å²) in [6.07, 6.45) is 3.42. The molecule has 2 aliphatic rings. The van der Waals surface area contributed by atoms with Crippen molar-refractivity contribution in [2.24, 2.45) is 11.3 Å². The second kappa shape index (κ2) is 2.31. The smallest absolute Gasteiger partial charge is 0.151 e. The highest BCUT2D eigenvalue weighted by atomic mass is 32.2. The van der Waals surface area contributed by atoms with E-state index in [1.54, 1.807) is 0 Å². The normalized spacial score (nSPS) is 34.2. The van der Waals surface area contributed by atoms with Crippen LogP contribution >= 0.6 is 0 Å². The van der Waals surface area contributed by atoms with Gasteiger partial charge in [0, 0.05) is 11.8 Å². The molecule has 2 fully saturated rings. The minimum atomic E-state index is -2.67. The van der Waals surface area contributed by atoms with Crippen LogP contribution in [0.25, 0.3) is 0 Å². The summed E-state index contributed by atoms with van der Waals surface area (Å²) in [6, 6.07) is 0. The van der Waals surface area contributed by atoms with Gasteiger partial charge in [-0.15, -0.1) is 0 Å². The lowest BCUT2D eigenvalue weighted by molar-refractivity contribution is -0.108. The summed E-state index contributed by atoms with van der Waals surface area (Å²) in [5.41, 5.74) is 0.127. The van der Waals surface area contributed by atoms with Crippen molar-refractivity contribution < 1.29 is 13.2 Å². The number of aldehydes is 1. The Kier molecular flexibility index (Phi) is 1.59. The largest absolute Gasteiger partial charge is 0.303 e. The van der Waals surface area contributed by atoms with Gasteiger partial charge in [-0.25, -0.2) is 8.42 Å². The Bertz CT molecular complexity index is 292. The van der Waals surface area contributed by atoms with Crippen molar-refractivity contribution in [3.63, 3.8) is 0 Å². The average molecular weight is 188 g/mol. The first-order chi connectivity index (χ1) is 5.58. The van der Waals surface area contributed by atoms with Gasteiger partial charge in [-0.05, 0) is 18.8 Å².